The van der Waals surface area contributed by atoms with Crippen LogP contribution in [0.5, 0.6) is 5.75 Å². The number of aromatic nitrogens is 1. The molecule has 0 aliphatic heterocycles. The molecule has 0 bridgehead atoms. The van der Waals surface area contributed by atoms with Gasteiger partial charge in [0.25, 0.3) is 0 Å². The zero-order valence-corrected chi connectivity index (χ0v) is 21.7. The second kappa shape index (κ2) is 9.71. The second-order valence-corrected chi connectivity index (χ2v) is 10.7. The summed E-state index contributed by atoms with van der Waals surface area (Å²) in [7, 11) is 0. The number of ether oxygens (including phenoxy) is 1. The number of hydrogen-bond acceptors (Lipinski definition) is 4. The van der Waals surface area contributed by atoms with Gasteiger partial charge in [-0.25, -0.2) is 4.79 Å². The van der Waals surface area contributed by atoms with Gasteiger partial charge in [-0.05, 0) is 78.6 Å². The first-order valence-corrected chi connectivity index (χ1v) is 13.1. The van der Waals surface area contributed by atoms with Gasteiger partial charge in [0, 0.05) is 16.5 Å². The fourth-order valence-corrected chi connectivity index (χ4v) is 5.64. The first-order chi connectivity index (χ1) is 18.3. The van der Waals surface area contributed by atoms with Crippen molar-refractivity contribution < 1.29 is 20.5 Å². The van der Waals surface area contributed by atoms with E-state index in [1.165, 1.54) is 0 Å². The van der Waals surface area contributed by atoms with Gasteiger partial charge >= 0.3 is 5.97 Å². The maximum absolute atomic E-state index is 11.1. The molecule has 0 amide bonds. The van der Waals surface area contributed by atoms with Crippen LogP contribution in [0.25, 0.3) is 11.3 Å². The van der Waals surface area contributed by atoms with Crippen LogP contribution in [0.2, 0.25) is 15.1 Å². The molecule has 8 heteroatoms. The van der Waals surface area contributed by atoms with E-state index in [9.17, 15) is 4.79 Å². The zero-order chi connectivity index (χ0) is 26.6. The van der Waals surface area contributed by atoms with Crippen molar-refractivity contribution in [3.05, 3.63) is 104 Å². The summed E-state index contributed by atoms with van der Waals surface area (Å²) < 4.78 is 20.6. The molecule has 1 N–H and O–H groups in total. The van der Waals surface area contributed by atoms with E-state index in [2.05, 4.69) is 5.16 Å². The molecule has 3 atom stereocenters. The number of halogens is 3. The fraction of sp³-hybridized carbons (Fsp3) is 0.241. The predicted molar refractivity (Wildman–Crippen MR) is 143 cm³/mol. The van der Waals surface area contributed by atoms with Crippen LogP contribution in [0.4, 0.5) is 0 Å². The summed E-state index contributed by atoms with van der Waals surface area (Å²) in [5, 5.41) is 14.8. The lowest BCUT2D eigenvalue weighted by Crippen LogP contribution is -2.00. The highest BCUT2D eigenvalue weighted by atomic mass is 35.5. The summed E-state index contributed by atoms with van der Waals surface area (Å²) >= 11 is 19.6. The number of carbonyl (C=O) groups is 1. The quantitative estimate of drug-likeness (QED) is 0.235. The summed E-state index contributed by atoms with van der Waals surface area (Å²) in [5.74, 6) is 0.882. The first-order valence-electron chi connectivity index (χ1n) is 12.5. The van der Waals surface area contributed by atoms with Crippen molar-refractivity contribution >= 4 is 40.8 Å². The van der Waals surface area contributed by atoms with Crippen LogP contribution >= 0.6 is 34.8 Å². The number of nitrogens with zero attached hydrogens (tertiary/aromatic N) is 1. The van der Waals surface area contributed by atoms with Gasteiger partial charge in [-0.3, -0.25) is 0 Å². The number of hydrogen-bond donors (Lipinski definition) is 1. The molecule has 6 rings (SSSR count). The van der Waals surface area contributed by atoms with Crippen molar-refractivity contribution in [2.45, 2.75) is 43.6 Å². The predicted octanol–water partition coefficient (Wildman–Crippen LogP) is 8.73. The van der Waals surface area contributed by atoms with Crippen molar-refractivity contribution in [2.24, 2.45) is 0 Å². The van der Waals surface area contributed by atoms with Crippen LogP contribution < -0.4 is 4.74 Å². The number of rotatable bonds is 8. The standard InChI is InChI=1S/C29H22Cl3NO4/c30-23-2-1-3-24(31)26(23)27-22(28(37-33-27)16-6-7-16)14-36-18-10-11-19(25(32)12-18)21-13-20(21)15-4-8-17(9-5-15)29(34)35/h1-5,8-12,16,20-21H,6-7,13-14H2,(H,34,35)/t20-,21+/m1/s1/i14D/t14?,20-,21+. The lowest BCUT2D eigenvalue weighted by atomic mass is 10.0. The van der Waals surface area contributed by atoms with Gasteiger partial charge in [-0.1, -0.05) is 64.2 Å². The SMILES string of the molecule is [2H]C(Oc1ccc([C@@H]2C[C@@H]2c2ccc(C(=O)O)cc2)c(Cl)c1)c1c(-c2c(Cl)cccc2Cl)noc1C1CC1. The molecular weight excluding hydrogens is 533 g/mol. The smallest absolute Gasteiger partial charge is 0.335 e. The van der Waals surface area contributed by atoms with Crippen LogP contribution in [0.1, 0.15) is 71.2 Å². The lowest BCUT2D eigenvalue weighted by Gasteiger charge is -2.11. The van der Waals surface area contributed by atoms with E-state index in [1.54, 1.807) is 36.4 Å². The minimum absolute atomic E-state index is 0.200. The van der Waals surface area contributed by atoms with E-state index >= 15 is 0 Å². The Morgan fingerprint density at radius 3 is 2.41 bits per heavy atom. The normalized spacial score (nSPS) is 19.8. The van der Waals surface area contributed by atoms with E-state index in [-0.39, 0.29) is 23.3 Å². The monoisotopic (exact) mass is 554 g/mol. The van der Waals surface area contributed by atoms with Crippen molar-refractivity contribution in [3.63, 3.8) is 0 Å². The molecular formula is C29H22Cl3NO4. The maximum Gasteiger partial charge on any atom is 0.335 e. The molecule has 0 saturated heterocycles. The lowest BCUT2D eigenvalue weighted by molar-refractivity contribution is 0.0697. The third kappa shape index (κ3) is 4.84. The minimum Gasteiger partial charge on any atom is -0.489 e. The largest absolute Gasteiger partial charge is 0.489 e. The Kier molecular flexibility index (Phi) is 6.08. The van der Waals surface area contributed by atoms with Crippen LogP contribution in [-0.4, -0.2) is 16.2 Å². The fourth-order valence-electron chi connectivity index (χ4n) is 4.76. The summed E-state index contributed by atoms with van der Waals surface area (Å²) in [6.07, 6.45) is 2.86. The topological polar surface area (TPSA) is 72.6 Å². The molecule has 5 nitrogen and oxygen atoms in total. The van der Waals surface area contributed by atoms with Gasteiger partial charge in [0.15, 0.2) is 0 Å². The molecule has 1 unspecified atom stereocenters. The van der Waals surface area contributed by atoms with Gasteiger partial charge in [-0.15, -0.1) is 0 Å². The molecule has 2 aliphatic rings. The first kappa shape index (κ1) is 23.2. The van der Waals surface area contributed by atoms with Crippen LogP contribution in [0, 0.1) is 0 Å². The van der Waals surface area contributed by atoms with Crippen molar-refractivity contribution in [2.75, 3.05) is 0 Å². The molecule has 1 heterocycles. The third-order valence-corrected chi connectivity index (χ3v) is 7.92. The van der Waals surface area contributed by atoms with Gasteiger partial charge < -0.3 is 14.4 Å². The third-order valence-electron chi connectivity index (χ3n) is 6.96. The molecule has 2 fully saturated rings. The number of aromatic carboxylic acids is 1. The zero-order valence-electron chi connectivity index (χ0n) is 20.5. The molecule has 2 aliphatic carbocycles. The minimum atomic E-state index is -1.12. The molecule has 0 spiro atoms. The van der Waals surface area contributed by atoms with Crippen molar-refractivity contribution in [3.8, 4) is 17.0 Å². The summed E-state index contributed by atoms with van der Waals surface area (Å²) in [6.45, 7) is -1.12. The highest BCUT2D eigenvalue weighted by Gasteiger charge is 2.40. The molecule has 2 saturated carbocycles. The highest BCUT2D eigenvalue weighted by molar-refractivity contribution is 6.39. The molecule has 3 aromatic carbocycles. The Labute approximate surface area is 230 Å². The van der Waals surface area contributed by atoms with Gasteiger partial charge in [0.1, 0.15) is 23.8 Å². The van der Waals surface area contributed by atoms with Crippen molar-refractivity contribution in [1.29, 1.82) is 0 Å². The van der Waals surface area contributed by atoms with Gasteiger partial charge in [-0.2, -0.15) is 0 Å². The number of carboxylic acid groups (broad SMARTS) is 1. The van der Waals surface area contributed by atoms with Crippen LogP contribution in [-0.2, 0) is 6.58 Å². The molecule has 37 heavy (non-hydrogen) atoms. The Morgan fingerprint density at radius 2 is 1.76 bits per heavy atom. The molecule has 188 valence electrons. The van der Waals surface area contributed by atoms with Crippen LogP contribution in [0.15, 0.2) is 65.2 Å². The van der Waals surface area contributed by atoms with Gasteiger partial charge in [0.2, 0.25) is 0 Å². The summed E-state index contributed by atoms with van der Waals surface area (Å²) in [5.41, 5.74) is 3.82. The number of carboxylic acids is 1. The van der Waals surface area contributed by atoms with Crippen molar-refractivity contribution in [1.82, 2.24) is 5.16 Å². The van der Waals surface area contributed by atoms with Gasteiger partial charge in [0.05, 0.1) is 22.5 Å². The van der Waals surface area contributed by atoms with E-state index in [0.29, 0.717) is 43.4 Å². The second-order valence-electron chi connectivity index (χ2n) is 9.47. The Morgan fingerprint density at radius 1 is 1.03 bits per heavy atom. The molecule has 1 aromatic heterocycles. The average molecular weight is 556 g/mol. The summed E-state index contributed by atoms with van der Waals surface area (Å²) in [4.78, 5) is 11.1. The van der Waals surface area contributed by atoms with E-state index in [0.717, 1.165) is 30.4 Å². The molecule has 4 aromatic rings. The van der Waals surface area contributed by atoms with E-state index in [1.807, 2.05) is 24.3 Å². The maximum atomic E-state index is 11.1. The Bertz CT molecular complexity index is 1510. The Hall–Kier alpha value is -2.99. The highest BCUT2D eigenvalue weighted by Crippen LogP contribution is 2.56. The van der Waals surface area contributed by atoms with E-state index < -0.39 is 12.6 Å². The average Bonchev–Trinajstić information content (AvgIpc) is 3.82. The van der Waals surface area contributed by atoms with Crippen LogP contribution in [0.3, 0.4) is 0 Å². The summed E-state index contributed by atoms with van der Waals surface area (Å²) in [6, 6.07) is 17.7. The molecule has 0 radical (unpaired) electrons. The van der Waals surface area contributed by atoms with E-state index in [4.69, 9.17) is 50.5 Å². The number of benzene rings is 3. The Balaban J connectivity index is 1.23.